The molecule has 0 bridgehead atoms. The summed E-state index contributed by atoms with van der Waals surface area (Å²) in [6.45, 7) is -1.54. The number of carbonyl (C=O) groups is 1. The van der Waals surface area contributed by atoms with Crippen molar-refractivity contribution in [1.29, 1.82) is 0 Å². The Kier molecular flexibility index (Phi) is 3.75. The molecule has 2 aromatic heterocycles. The van der Waals surface area contributed by atoms with Crippen molar-refractivity contribution in [2.45, 2.75) is 12.3 Å². The lowest BCUT2D eigenvalue weighted by atomic mass is 10.3. The standard InChI is InChI=1S/C12H14F2N4O/c13-12(14,7-15)8-16-11(19)5-9-6-18-4-2-1-3-10(18)17-9/h1-4,6H,5,7-8,15H2,(H,16,19). The summed E-state index contributed by atoms with van der Waals surface area (Å²) in [6, 6.07) is 5.46. The molecule has 102 valence electrons. The van der Waals surface area contributed by atoms with Gasteiger partial charge in [-0.2, -0.15) is 0 Å². The second-order valence-corrected chi connectivity index (χ2v) is 4.21. The number of hydrogen-bond acceptors (Lipinski definition) is 3. The lowest BCUT2D eigenvalue weighted by Gasteiger charge is -2.13. The Morgan fingerprint density at radius 1 is 1.47 bits per heavy atom. The van der Waals surface area contributed by atoms with Crippen LogP contribution in [0.2, 0.25) is 0 Å². The Morgan fingerprint density at radius 2 is 2.26 bits per heavy atom. The van der Waals surface area contributed by atoms with E-state index in [1.165, 1.54) is 0 Å². The first kappa shape index (κ1) is 13.4. The van der Waals surface area contributed by atoms with Crippen LogP contribution in [-0.2, 0) is 11.2 Å². The molecular weight excluding hydrogens is 254 g/mol. The normalized spacial score (nSPS) is 11.7. The number of aromatic nitrogens is 2. The monoisotopic (exact) mass is 268 g/mol. The van der Waals surface area contributed by atoms with Crippen LogP contribution in [0.4, 0.5) is 8.78 Å². The highest BCUT2D eigenvalue weighted by Gasteiger charge is 2.27. The average molecular weight is 268 g/mol. The Balaban J connectivity index is 1.95. The van der Waals surface area contributed by atoms with Gasteiger partial charge in [0.2, 0.25) is 5.91 Å². The van der Waals surface area contributed by atoms with Gasteiger partial charge < -0.3 is 15.5 Å². The van der Waals surface area contributed by atoms with Gasteiger partial charge in [-0.25, -0.2) is 13.8 Å². The predicted octanol–water partition coefficient (Wildman–Crippen LogP) is 0.587. The molecule has 0 aliphatic carbocycles. The molecule has 0 saturated heterocycles. The SMILES string of the molecule is NCC(F)(F)CNC(=O)Cc1cn2ccccc2n1. The van der Waals surface area contributed by atoms with Gasteiger partial charge >= 0.3 is 0 Å². The average Bonchev–Trinajstić information content (AvgIpc) is 2.78. The number of nitrogens with one attached hydrogen (secondary N) is 1. The van der Waals surface area contributed by atoms with Crippen LogP contribution in [0.5, 0.6) is 0 Å². The minimum atomic E-state index is -3.07. The fourth-order valence-corrected chi connectivity index (χ4v) is 1.60. The Bertz CT molecular complexity index is 549. The molecule has 0 saturated carbocycles. The quantitative estimate of drug-likeness (QED) is 0.833. The first-order chi connectivity index (χ1) is 9.00. The van der Waals surface area contributed by atoms with Gasteiger partial charge in [0.15, 0.2) is 0 Å². The lowest BCUT2D eigenvalue weighted by Crippen LogP contribution is -2.42. The summed E-state index contributed by atoms with van der Waals surface area (Å²) in [7, 11) is 0. The number of halogens is 2. The number of nitrogens with two attached hydrogens (primary N) is 1. The number of imidazole rings is 1. The number of carbonyl (C=O) groups excluding carboxylic acids is 1. The Morgan fingerprint density at radius 3 is 2.95 bits per heavy atom. The van der Waals surface area contributed by atoms with Crippen molar-refractivity contribution in [2.24, 2.45) is 5.73 Å². The molecule has 0 unspecified atom stereocenters. The summed E-state index contributed by atoms with van der Waals surface area (Å²) in [5, 5.41) is 2.15. The molecule has 2 rings (SSSR count). The first-order valence-electron chi connectivity index (χ1n) is 5.77. The number of nitrogens with zero attached hydrogens (tertiary/aromatic N) is 2. The topological polar surface area (TPSA) is 72.4 Å². The molecule has 0 radical (unpaired) electrons. The molecule has 5 nitrogen and oxygen atoms in total. The number of rotatable bonds is 5. The van der Waals surface area contributed by atoms with E-state index in [0.29, 0.717) is 11.3 Å². The number of amides is 1. The molecular formula is C12H14F2N4O. The molecule has 0 aliphatic heterocycles. The van der Waals surface area contributed by atoms with Gasteiger partial charge in [0.1, 0.15) is 5.65 Å². The van der Waals surface area contributed by atoms with Crippen LogP contribution >= 0.6 is 0 Å². The molecule has 0 aromatic carbocycles. The second-order valence-electron chi connectivity index (χ2n) is 4.21. The van der Waals surface area contributed by atoms with E-state index in [1.807, 2.05) is 12.1 Å². The van der Waals surface area contributed by atoms with Gasteiger partial charge in [-0.05, 0) is 12.1 Å². The van der Waals surface area contributed by atoms with E-state index in [9.17, 15) is 13.6 Å². The number of pyridine rings is 1. The molecule has 1 amide bonds. The van der Waals surface area contributed by atoms with Crippen LogP contribution in [0.1, 0.15) is 5.69 Å². The molecule has 3 N–H and O–H groups in total. The zero-order chi connectivity index (χ0) is 13.9. The zero-order valence-electron chi connectivity index (χ0n) is 10.1. The van der Waals surface area contributed by atoms with E-state index in [0.717, 1.165) is 0 Å². The van der Waals surface area contributed by atoms with Gasteiger partial charge in [-0.15, -0.1) is 0 Å². The van der Waals surface area contributed by atoms with Gasteiger partial charge in [0, 0.05) is 12.4 Å². The van der Waals surface area contributed by atoms with Crippen LogP contribution in [-0.4, -0.2) is 34.3 Å². The van der Waals surface area contributed by atoms with Crippen LogP contribution < -0.4 is 11.1 Å². The van der Waals surface area contributed by atoms with Crippen molar-refractivity contribution >= 4 is 11.6 Å². The molecule has 19 heavy (non-hydrogen) atoms. The molecule has 7 heteroatoms. The fourth-order valence-electron chi connectivity index (χ4n) is 1.60. The number of fused-ring (bicyclic) bond motifs is 1. The maximum absolute atomic E-state index is 12.9. The summed E-state index contributed by atoms with van der Waals surface area (Å²) in [5.41, 5.74) is 6.11. The molecule has 0 aliphatic rings. The van der Waals surface area contributed by atoms with Gasteiger partial charge in [0.25, 0.3) is 5.92 Å². The third-order valence-electron chi connectivity index (χ3n) is 2.60. The highest BCUT2D eigenvalue weighted by atomic mass is 19.3. The minimum Gasteiger partial charge on any atom is -0.350 e. The smallest absolute Gasteiger partial charge is 0.277 e. The van der Waals surface area contributed by atoms with E-state index in [2.05, 4.69) is 10.3 Å². The highest BCUT2D eigenvalue weighted by Crippen LogP contribution is 2.09. The van der Waals surface area contributed by atoms with Crippen LogP contribution in [0.3, 0.4) is 0 Å². The van der Waals surface area contributed by atoms with E-state index in [1.54, 1.807) is 22.9 Å². The predicted molar refractivity (Wildman–Crippen MR) is 65.9 cm³/mol. The summed E-state index contributed by atoms with van der Waals surface area (Å²) >= 11 is 0. The molecule has 0 atom stereocenters. The molecule has 2 heterocycles. The molecule has 0 spiro atoms. The first-order valence-corrected chi connectivity index (χ1v) is 5.77. The van der Waals surface area contributed by atoms with Gasteiger partial charge in [0.05, 0.1) is 25.2 Å². The van der Waals surface area contributed by atoms with Crippen LogP contribution in [0.15, 0.2) is 30.6 Å². The Hall–Kier alpha value is -2.02. The highest BCUT2D eigenvalue weighted by molar-refractivity contribution is 5.78. The van der Waals surface area contributed by atoms with E-state index >= 15 is 0 Å². The van der Waals surface area contributed by atoms with Crippen molar-refractivity contribution in [3.63, 3.8) is 0 Å². The van der Waals surface area contributed by atoms with Crippen molar-refractivity contribution in [3.05, 3.63) is 36.3 Å². The fraction of sp³-hybridized carbons (Fsp3) is 0.333. The second kappa shape index (κ2) is 5.31. The summed E-state index contributed by atoms with van der Waals surface area (Å²) in [5.74, 6) is -3.58. The summed E-state index contributed by atoms with van der Waals surface area (Å²) in [4.78, 5) is 15.7. The summed E-state index contributed by atoms with van der Waals surface area (Å²) in [6.07, 6.45) is 3.45. The maximum Gasteiger partial charge on any atom is 0.277 e. The van der Waals surface area contributed by atoms with Crippen LogP contribution in [0, 0.1) is 0 Å². The van der Waals surface area contributed by atoms with Crippen LogP contribution in [0.25, 0.3) is 5.65 Å². The van der Waals surface area contributed by atoms with Crippen molar-refractivity contribution in [1.82, 2.24) is 14.7 Å². The van der Waals surface area contributed by atoms with Crippen molar-refractivity contribution in [2.75, 3.05) is 13.1 Å². The third-order valence-corrected chi connectivity index (χ3v) is 2.60. The van der Waals surface area contributed by atoms with Gasteiger partial charge in [-0.3, -0.25) is 4.79 Å². The minimum absolute atomic E-state index is 0.0394. The van der Waals surface area contributed by atoms with Crippen molar-refractivity contribution < 1.29 is 13.6 Å². The largest absolute Gasteiger partial charge is 0.350 e. The van der Waals surface area contributed by atoms with Gasteiger partial charge in [-0.1, -0.05) is 6.07 Å². The van der Waals surface area contributed by atoms with E-state index in [-0.39, 0.29) is 6.42 Å². The van der Waals surface area contributed by atoms with E-state index < -0.39 is 24.9 Å². The number of alkyl halides is 2. The Labute approximate surface area is 108 Å². The molecule has 2 aromatic rings. The summed E-state index contributed by atoms with van der Waals surface area (Å²) < 4.78 is 27.5. The third kappa shape index (κ3) is 3.47. The zero-order valence-corrected chi connectivity index (χ0v) is 10.1. The van der Waals surface area contributed by atoms with Crippen molar-refractivity contribution in [3.8, 4) is 0 Å². The maximum atomic E-state index is 12.9. The molecule has 0 fully saturated rings. The number of hydrogen-bond donors (Lipinski definition) is 2. The lowest BCUT2D eigenvalue weighted by molar-refractivity contribution is -0.122. The van der Waals surface area contributed by atoms with E-state index in [4.69, 9.17) is 5.73 Å².